The second kappa shape index (κ2) is 4.73. The van der Waals surface area contributed by atoms with E-state index in [-0.39, 0.29) is 11.4 Å². The lowest BCUT2D eigenvalue weighted by Crippen LogP contribution is -2.02. The van der Waals surface area contributed by atoms with Crippen molar-refractivity contribution in [1.82, 2.24) is 15.0 Å². The number of hydrogen-bond acceptors (Lipinski definition) is 3. The topological polar surface area (TPSA) is 68.0 Å². The van der Waals surface area contributed by atoms with Crippen LogP contribution >= 0.6 is 0 Å². The molecule has 1 N–H and O–H groups in total. The molecule has 0 spiro atoms. The summed E-state index contributed by atoms with van der Waals surface area (Å²) in [6.45, 7) is 0.376. The maximum Gasteiger partial charge on any atom is 0.335 e. The molecular weight excluding hydrogens is 261 g/mol. The predicted molar refractivity (Wildman–Crippen MR) is 70.0 cm³/mol. The molecule has 5 nitrogen and oxygen atoms in total. The molecule has 0 unspecified atom stereocenters. The molecule has 0 aliphatic rings. The second-order valence-electron chi connectivity index (χ2n) is 4.39. The summed E-state index contributed by atoms with van der Waals surface area (Å²) in [7, 11) is 0. The van der Waals surface area contributed by atoms with E-state index in [0.717, 1.165) is 5.56 Å². The Balaban J connectivity index is 1.98. The minimum atomic E-state index is -1.01. The zero-order valence-electron chi connectivity index (χ0n) is 10.3. The van der Waals surface area contributed by atoms with E-state index < -0.39 is 5.97 Å². The van der Waals surface area contributed by atoms with E-state index in [0.29, 0.717) is 17.6 Å². The fraction of sp³-hybridized carbons (Fsp3) is 0.0714. The first kappa shape index (κ1) is 12.3. The molecule has 2 aromatic carbocycles. The molecule has 6 heteroatoms. The number of carboxylic acids is 1. The van der Waals surface area contributed by atoms with Gasteiger partial charge in [-0.15, -0.1) is 5.10 Å². The summed E-state index contributed by atoms with van der Waals surface area (Å²) in [6.07, 6.45) is 0. The molecule has 0 fully saturated rings. The number of aromatic nitrogens is 3. The number of rotatable bonds is 3. The average Bonchev–Trinajstić information content (AvgIpc) is 2.81. The number of hydrogen-bond donors (Lipinski definition) is 1. The standard InChI is InChI=1S/C14H10FN3O2/c15-11-3-1-2-9(6-11)8-18-13-5-4-10(14(19)20)7-12(13)16-17-18/h1-7H,8H2,(H,19,20). The number of carbonyl (C=O) groups is 1. The first-order chi connectivity index (χ1) is 9.63. The van der Waals surface area contributed by atoms with Gasteiger partial charge in [0.05, 0.1) is 17.6 Å². The summed E-state index contributed by atoms with van der Waals surface area (Å²) in [5.74, 6) is -1.31. The molecule has 0 atom stereocenters. The summed E-state index contributed by atoms with van der Waals surface area (Å²) in [4.78, 5) is 10.9. The van der Waals surface area contributed by atoms with Gasteiger partial charge in [-0.25, -0.2) is 13.9 Å². The van der Waals surface area contributed by atoms with Gasteiger partial charge in [-0.2, -0.15) is 0 Å². The van der Waals surface area contributed by atoms with Gasteiger partial charge >= 0.3 is 5.97 Å². The van der Waals surface area contributed by atoms with Crippen LogP contribution in [0.25, 0.3) is 11.0 Å². The van der Waals surface area contributed by atoms with Crippen LogP contribution in [-0.2, 0) is 6.54 Å². The van der Waals surface area contributed by atoms with Crippen molar-refractivity contribution in [1.29, 1.82) is 0 Å². The van der Waals surface area contributed by atoms with Crippen molar-refractivity contribution in [2.75, 3.05) is 0 Å². The van der Waals surface area contributed by atoms with Gasteiger partial charge in [-0.3, -0.25) is 0 Å². The van der Waals surface area contributed by atoms with Gasteiger partial charge in [0, 0.05) is 0 Å². The first-order valence-electron chi connectivity index (χ1n) is 5.94. The van der Waals surface area contributed by atoms with Gasteiger partial charge in [0.15, 0.2) is 0 Å². The fourth-order valence-corrected chi connectivity index (χ4v) is 2.03. The Morgan fingerprint density at radius 3 is 2.85 bits per heavy atom. The van der Waals surface area contributed by atoms with Crippen LogP contribution in [-0.4, -0.2) is 26.1 Å². The molecule has 1 heterocycles. The van der Waals surface area contributed by atoms with Crippen LogP contribution in [0, 0.1) is 5.82 Å². The normalized spacial score (nSPS) is 10.8. The molecule has 3 rings (SSSR count). The summed E-state index contributed by atoms with van der Waals surface area (Å²) < 4.78 is 14.7. The molecule has 20 heavy (non-hydrogen) atoms. The number of carboxylic acid groups (broad SMARTS) is 1. The van der Waals surface area contributed by atoms with Gasteiger partial charge < -0.3 is 5.11 Å². The number of fused-ring (bicyclic) bond motifs is 1. The fourth-order valence-electron chi connectivity index (χ4n) is 2.03. The maximum absolute atomic E-state index is 13.1. The highest BCUT2D eigenvalue weighted by Gasteiger charge is 2.09. The number of aromatic carboxylic acids is 1. The Morgan fingerprint density at radius 1 is 1.25 bits per heavy atom. The molecule has 0 saturated heterocycles. The molecular formula is C14H10FN3O2. The molecule has 100 valence electrons. The van der Waals surface area contributed by atoms with E-state index in [1.54, 1.807) is 22.9 Å². The van der Waals surface area contributed by atoms with Crippen molar-refractivity contribution in [2.24, 2.45) is 0 Å². The van der Waals surface area contributed by atoms with E-state index in [4.69, 9.17) is 5.11 Å². The van der Waals surface area contributed by atoms with Crippen LogP contribution in [0.4, 0.5) is 4.39 Å². The largest absolute Gasteiger partial charge is 0.478 e. The third-order valence-corrected chi connectivity index (χ3v) is 2.98. The quantitative estimate of drug-likeness (QED) is 0.793. The van der Waals surface area contributed by atoms with Gasteiger partial charge in [0.1, 0.15) is 11.3 Å². The third kappa shape index (κ3) is 2.23. The Kier molecular flexibility index (Phi) is 2.90. The number of nitrogens with zero attached hydrogens (tertiary/aromatic N) is 3. The minimum Gasteiger partial charge on any atom is -0.478 e. The SMILES string of the molecule is O=C(O)c1ccc2c(c1)nnn2Cc1cccc(F)c1. The van der Waals surface area contributed by atoms with E-state index in [1.165, 1.54) is 24.3 Å². The first-order valence-corrected chi connectivity index (χ1v) is 5.94. The minimum absolute atomic E-state index is 0.162. The van der Waals surface area contributed by atoms with Crippen LogP contribution in [0.15, 0.2) is 42.5 Å². The van der Waals surface area contributed by atoms with Crippen molar-refractivity contribution < 1.29 is 14.3 Å². The molecule has 1 aromatic heterocycles. The number of halogens is 1. The Morgan fingerprint density at radius 2 is 2.10 bits per heavy atom. The number of benzene rings is 2. The summed E-state index contributed by atoms with van der Waals surface area (Å²) in [6, 6.07) is 10.8. The average molecular weight is 271 g/mol. The summed E-state index contributed by atoms with van der Waals surface area (Å²) >= 11 is 0. The molecule has 0 radical (unpaired) electrons. The van der Waals surface area contributed by atoms with Crippen LogP contribution in [0.1, 0.15) is 15.9 Å². The Hall–Kier alpha value is -2.76. The summed E-state index contributed by atoms with van der Waals surface area (Å²) in [5, 5.41) is 16.8. The Bertz CT molecular complexity index is 798. The molecule has 0 amide bonds. The van der Waals surface area contributed by atoms with Crippen molar-refractivity contribution in [3.05, 3.63) is 59.4 Å². The van der Waals surface area contributed by atoms with E-state index in [2.05, 4.69) is 10.3 Å². The lowest BCUT2D eigenvalue weighted by molar-refractivity contribution is 0.0697. The smallest absolute Gasteiger partial charge is 0.335 e. The van der Waals surface area contributed by atoms with Crippen LogP contribution in [0.5, 0.6) is 0 Å². The monoisotopic (exact) mass is 271 g/mol. The van der Waals surface area contributed by atoms with Crippen molar-refractivity contribution in [3.8, 4) is 0 Å². The van der Waals surface area contributed by atoms with Gasteiger partial charge in [0.25, 0.3) is 0 Å². The van der Waals surface area contributed by atoms with Crippen molar-refractivity contribution >= 4 is 17.0 Å². The molecule has 0 saturated carbocycles. The van der Waals surface area contributed by atoms with Gasteiger partial charge in [-0.1, -0.05) is 17.3 Å². The maximum atomic E-state index is 13.1. The molecule has 0 aliphatic heterocycles. The van der Waals surface area contributed by atoms with E-state index in [9.17, 15) is 9.18 Å². The highest BCUT2D eigenvalue weighted by atomic mass is 19.1. The van der Waals surface area contributed by atoms with Crippen molar-refractivity contribution in [3.63, 3.8) is 0 Å². The highest BCUT2D eigenvalue weighted by molar-refractivity contribution is 5.92. The van der Waals surface area contributed by atoms with Crippen LogP contribution in [0.3, 0.4) is 0 Å². The van der Waals surface area contributed by atoms with Crippen molar-refractivity contribution in [2.45, 2.75) is 6.54 Å². The third-order valence-electron chi connectivity index (χ3n) is 2.98. The predicted octanol–water partition coefficient (Wildman–Crippen LogP) is 2.32. The van der Waals surface area contributed by atoms with Crippen LogP contribution < -0.4 is 0 Å². The van der Waals surface area contributed by atoms with E-state index >= 15 is 0 Å². The lowest BCUT2D eigenvalue weighted by Gasteiger charge is -2.03. The second-order valence-corrected chi connectivity index (χ2v) is 4.39. The van der Waals surface area contributed by atoms with Crippen LogP contribution in [0.2, 0.25) is 0 Å². The van der Waals surface area contributed by atoms with Gasteiger partial charge in [-0.05, 0) is 35.9 Å². The van der Waals surface area contributed by atoms with E-state index in [1.807, 2.05) is 0 Å². The Labute approximate surface area is 113 Å². The summed E-state index contributed by atoms with van der Waals surface area (Å²) in [5.41, 5.74) is 2.13. The zero-order chi connectivity index (χ0) is 14.1. The molecule has 0 bridgehead atoms. The molecule has 0 aliphatic carbocycles. The molecule has 3 aromatic rings. The lowest BCUT2D eigenvalue weighted by atomic mass is 10.2. The highest BCUT2D eigenvalue weighted by Crippen LogP contribution is 2.15. The van der Waals surface area contributed by atoms with Gasteiger partial charge in [0.2, 0.25) is 0 Å². The zero-order valence-corrected chi connectivity index (χ0v) is 10.3.